The van der Waals surface area contributed by atoms with E-state index in [0.717, 1.165) is 17.1 Å². The number of para-hydroxylation sites is 1. The monoisotopic (exact) mass is 423 g/mol. The SMILES string of the molecule is CN(C(N)=NCc1ccc(Oc2ccccc2)cc1)C1CC1.I. The fraction of sp³-hybridized carbons (Fsp3) is 0.278. The minimum Gasteiger partial charge on any atom is -0.457 e. The highest BCUT2D eigenvalue weighted by Crippen LogP contribution is 2.25. The summed E-state index contributed by atoms with van der Waals surface area (Å²) < 4.78 is 5.77. The van der Waals surface area contributed by atoms with E-state index in [1.807, 2.05) is 61.6 Å². The van der Waals surface area contributed by atoms with Gasteiger partial charge in [-0.05, 0) is 42.7 Å². The van der Waals surface area contributed by atoms with Crippen LogP contribution in [-0.4, -0.2) is 23.9 Å². The van der Waals surface area contributed by atoms with E-state index in [1.54, 1.807) is 0 Å². The van der Waals surface area contributed by atoms with E-state index in [4.69, 9.17) is 10.5 Å². The molecule has 0 heterocycles. The molecule has 3 rings (SSSR count). The number of halogens is 1. The van der Waals surface area contributed by atoms with Gasteiger partial charge >= 0.3 is 0 Å². The molecule has 0 unspecified atom stereocenters. The van der Waals surface area contributed by atoms with Crippen LogP contribution in [0, 0.1) is 0 Å². The van der Waals surface area contributed by atoms with Crippen LogP contribution in [0.3, 0.4) is 0 Å². The molecule has 0 atom stereocenters. The van der Waals surface area contributed by atoms with Gasteiger partial charge in [-0.2, -0.15) is 0 Å². The molecule has 2 N–H and O–H groups in total. The van der Waals surface area contributed by atoms with Crippen molar-refractivity contribution in [1.82, 2.24) is 4.90 Å². The first-order valence-electron chi connectivity index (χ1n) is 7.57. The lowest BCUT2D eigenvalue weighted by atomic mass is 10.2. The first-order valence-corrected chi connectivity index (χ1v) is 7.57. The minimum atomic E-state index is 0. The number of guanidine groups is 1. The van der Waals surface area contributed by atoms with Crippen molar-refractivity contribution in [2.24, 2.45) is 10.7 Å². The van der Waals surface area contributed by atoms with Crippen LogP contribution in [0.25, 0.3) is 0 Å². The van der Waals surface area contributed by atoms with Crippen LogP contribution in [-0.2, 0) is 6.54 Å². The molecule has 1 fully saturated rings. The number of hydrogen-bond acceptors (Lipinski definition) is 2. The lowest BCUT2D eigenvalue weighted by Crippen LogP contribution is -2.35. The van der Waals surface area contributed by atoms with Crippen LogP contribution in [0.2, 0.25) is 0 Å². The molecule has 2 aromatic rings. The first-order chi connectivity index (χ1) is 10.7. The maximum atomic E-state index is 5.99. The van der Waals surface area contributed by atoms with Gasteiger partial charge in [-0.25, -0.2) is 4.99 Å². The summed E-state index contributed by atoms with van der Waals surface area (Å²) in [5.41, 5.74) is 7.11. The summed E-state index contributed by atoms with van der Waals surface area (Å²) >= 11 is 0. The van der Waals surface area contributed by atoms with Gasteiger partial charge in [-0.3, -0.25) is 0 Å². The number of ether oxygens (including phenoxy) is 1. The van der Waals surface area contributed by atoms with Crippen molar-refractivity contribution in [3.63, 3.8) is 0 Å². The number of hydrogen-bond donors (Lipinski definition) is 1. The molecule has 0 amide bonds. The van der Waals surface area contributed by atoms with Crippen LogP contribution >= 0.6 is 24.0 Å². The molecule has 1 aliphatic carbocycles. The van der Waals surface area contributed by atoms with E-state index in [9.17, 15) is 0 Å². The number of rotatable bonds is 5. The first kappa shape index (κ1) is 17.6. The van der Waals surface area contributed by atoms with Gasteiger partial charge in [0.05, 0.1) is 6.54 Å². The van der Waals surface area contributed by atoms with Gasteiger partial charge in [0, 0.05) is 13.1 Å². The topological polar surface area (TPSA) is 50.8 Å². The highest BCUT2D eigenvalue weighted by atomic mass is 127. The Kier molecular flexibility index (Phi) is 6.27. The summed E-state index contributed by atoms with van der Waals surface area (Å²) in [6.45, 7) is 0.592. The highest BCUT2D eigenvalue weighted by molar-refractivity contribution is 14.0. The smallest absolute Gasteiger partial charge is 0.191 e. The normalized spacial score (nSPS) is 14.0. The number of aliphatic imine (C=N–C) groups is 1. The van der Waals surface area contributed by atoms with E-state index < -0.39 is 0 Å². The van der Waals surface area contributed by atoms with E-state index in [0.29, 0.717) is 18.5 Å². The zero-order chi connectivity index (χ0) is 15.4. The molecule has 122 valence electrons. The molecule has 23 heavy (non-hydrogen) atoms. The molecule has 0 spiro atoms. The second-order valence-corrected chi connectivity index (χ2v) is 5.58. The Morgan fingerprint density at radius 2 is 1.70 bits per heavy atom. The standard InChI is InChI=1S/C18H21N3O.HI/c1-21(15-9-10-15)18(19)20-13-14-7-11-17(12-8-14)22-16-5-3-2-4-6-16;/h2-8,11-12,15H,9-10,13H2,1H3,(H2,19,20);1H. The van der Waals surface area contributed by atoms with E-state index in [1.165, 1.54) is 12.8 Å². The number of benzene rings is 2. The van der Waals surface area contributed by atoms with Crippen molar-refractivity contribution < 1.29 is 4.74 Å². The average molecular weight is 423 g/mol. The number of nitrogens with zero attached hydrogens (tertiary/aromatic N) is 2. The van der Waals surface area contributed by atoms with E-state index in [2.05, 4.69) is 9.89 Å². The molecule has 1 aliphatic rings. The zero-order valence-electron chi connectivity index (χ0n) is 13.2. The quantitative estimate of drug-likeness (QED) is 0.449. The molecule has 1 saturated carbocycles. The van der Waals surface area contributed by atoms with Gasteiger partial charge in [0.1, 0.15) is 11.5 Å². The average Bonchev–Trinajstić information content (AvgIpc) is 3.39. The van der Waals surface area contributed by atoms with Crippen molar-refractivity contribution in [2.45, 2.75) is 25.4 Å². The third-order valence-corrected chi connectivity index (χ3v) is 3.78. The summed E-state index contributed by atoms with van der Waals surface area (Å²) in [5.74, 6) is 2.28. The second-order valence-electron chi connectivity index (χ2n) is 5.58. The zero-order valence-corrected chi connectivity index (χ0v) is 15.5. The van der Waals surface area contributed by atoms with Crippen molar-refractivity contribution >= 4 is 29.9 Å². The summed E-state index contributed by atoms with van der Waals surface area (Å²) in [4.78, 5) is 6.51. The van der Waals surface area contributed by atoms with Crippen LogP contribution in [0.5, 0.6) is 11.5 Å². The van der Waals surface area contributed by atoms with Crippen LogP contribution in [0.4, 0.5) is 0 Å². The van der Waals surface area contributed by atoms with Crippen LogP contribution in [0.1, 0.15) is 18.4 Å². The highest BCUT2D eigenvalue weighted by Gasteiger charge is 2.27. The minimum absolute atomic E-state index is 0. The Morgan fingerprint density at radius 1 is 1.09 bits per heavy atom. The van der Waals surface area contributed by atoms with Gasteiger partial charge in [-0.15, -0.1) is 24.0 Å². The lowest BCUT2D eigenvalue weighted by molar-refractivity contribution is 0.482. The van der Waals surface area contributed by atoms with Crippen molar-refractivity contribution in [2.75, 3.05) is 7.05 Å². The lowest BCUT2D eigenvalue weighted by Gasteiger charge is -2.16. The molecule has 5 heteroatoms. The molecule has 0 bridgehead atoms. The summed E-state index contributed by atoms with van der Waals surface area (Å²) in [6.07, 6.45) is 2.44. The predicted molar refractivity (Wildman–Crippen MR) is 104 cm³/mol. The van der Waals surface area contributed by atoms with Crippen LogP contribution in [0.15, 0.2) is 59.6 Å². The van der Waals surface area contributed by atoms with Crippen LogP contribution < -0.4 is 10.5 Å². The Balaban J connectivity index is 0.00000192. The van der Waals surface area contributed by atoms with Crippen molar-refractivity contribution in [3.05, 3.63) is 60.2 Å². The maximum Gasteiger partial charge on any atom is 0.191 e. The van der Waals surface area contributed by atoms with Crippen molar-refractivity contribution in [1.29, 1.82) is 0 Å². The molecule has 2 aromatic carbocycles. The third-order valence-electron chi connectivity index (χ3n) is 3.78. The molecule has 0 aromatic heterocycles. The maximum absolute atomic E-state index is 5.99. The number of nitrogens with two attached hydrogens (primary N) is 1. The summed E-state index contributed by atoms with van der Waals surface area (Å²) in [6, 6.07) is 18.3. The fourth-order valence-corrected chi connectivity index (χ4v) is 2.22. The van der Waals surface area contributed by atoms with E-state index >= 15 is 0 Å². The van der Waals surface area contributed by atoms with E-state index in [-0.39, 0.29) is 24.0 Å². The molecular weight excluding hydrogens is 401 g/mol. The molecule has 0 radical (unpaired) electrons. The van der Waals surface area contributed by atoms with Gasteiger partial charge in [-0.1, -0.05) is 30.3 Å². The van der Waals surface area contributed by atoms with Crippen molar-refractivity contribution in [3.8, 4) is 11.5 Å². The van der Waals surface area contributed by atoms with Gasteiger partial charge in [0.2, 0.25) is 0 Å². The largest absolute Gasteiger partial charge is 0.457 e. The fourth-order valence-electron chi connectivity index (χ4n) is 2.22. The second kappa shape index (κ2) is 8.19. The Morgan fingerprint density at radius 3 is 2.30 bits per heavy atom. The molecular formula is C18H22IN3O. The summed E-state index contributed by atoms with van der Waals surface area (Å²) in [7, 11) is 2.01. The predicted octanol–water partition coefficient (Wildman–Crippen LogP) is 4.01. The van der Waals surface area contributed by atoms with Gasteiger partial charge in [0.25, 0.3) is 0 Å². The molecule has 4 nitrogen and oxygen atoms in total. The third kappa shape index (κ3) is 5.13. The molecule has 0 saturated heterocycles. The van der Waals surface area contributed by atoms with Gasteiger partial charge < -0.3 is 15.4 Å². The Bertz CT molecular complexity index is 639. The Labute approximate surface area is 154 Å². The Hall–Kier alpha value is -1.76. The summed E-state index contributed by atoms with van der Waals surface area (Å²) in [5, 5.41) is 0. The molecule has 0 aliphatic heterocycles. The van der Waals surface area contributed by atoms with Gasteiger partial charge in [0.15, 0.2) is 5.96 Å².